The molecular weight excluding hydrogens is 436 g/mol. The number of nitrogens with one attached hydrogen (secondary N) is 1. The molecule has 1 aromatic carbocycles. The smallest absolute Gasteiger partial charge is 0.191 e. The van der Waals surface area contributed by atoms with Gasteiger partial charge < -0.3 is 10.1 Å². The number of thiazole rings is 1. The van der Waals surface area contributed by atoms with Crippen LogP contribution in [0.1, 0.15) is 104 Å². The molecule has 1 aliphatic rings. The van der Waals surface area contributed by atoms with E-state index in [4.69, 9.17) is 9.72 Å². The highest BCUT2D eigenvalue weighted by molar-refractivity contribution is 7.15. The van der Waals surface area contributed by atoms with Crippen LogP contribution in [-0.2, 0) is 11.2 Å². The second-order valence-corrected chi connectivity index (χ2v) is 11.3. The number of hydrogen-bond acceptors (Lipinski definition) is 4. The second kappa shape index (κ2) is 13.3. The maximum absolute atomic E-state index is 6.75. The lowest BCUT2D eigenvalue weighted by Crippen LogP contribution is -2.29. The minimum absolute atomic E-state index is 0.267. The molecule has 4 heteroatoms. The van der Waals surface area contributed by atoms with Crippen LogP contribution in [0.15, 0.2) is 41.8 Å². The van der Waals surface area contributed by atoms with E-state index in [9.17, 15) is 0 Å². The van der Waals surface area contributed by atoms with Crippen molar-refractivity contribution < 1.29 is 4.74 Å². The van der Waals surface area contributed by atoms with Crippen LogP contribution >= 0.6 is 11.3 Å². The van der Waals surface area contributed by atoms with Gasteiger partial charge in [0.1, 0.15) is 0 Å². The van der Waals surface area contributed by atoms with Crippen molar-refractivity contribution in [3.8, 4) is 10.4 Å². The van der Waals surface area contributed by atoms with Crippen LogP contribution in [0.5, 0.6) is 0 Å². The molecule has 0 saturated heterocycles. The summed E-state index contributed by atoms with van der Waals surface area (Å²) in [6.45, 7) is 12.3. The van der Waals surface area contributed by atoms with E-state index in [0.717, 1.165) is 43.5 Å². The Kier molecular flexibility index (Phi) is 10.5. The number of ether oxygens (including phenoxy) is 1. The van der Waals surface area contributed by atoms with Gasteiger partial charge in [-0.25, -0.2) is 4.98 Å². The van der Waals surface area contributed by atoms with E-state index < -0.39 is 0 Å². The minimum Gasteiger partial charge on any atom is -0.478 e. The Balaban J connectivity index is 1.83. The van der Waals surface area contributed by atoms with Crippen LogP contribution in [0.2, 0.25) is 0 Å². The van der Waals surface area contributed by atoms with Gasteiger partial charge in [-0.15, -0.1) is 11.3 Å². The zero-order valence-electron chi connectivity index (χ0n) is 22.2. The molecule has 1 fully saturated rings. The molecular formula is C30H46N2OS. The standard InChI is InChI=1S/C30H46N2OS/c1-6-19-30(20-7-2,21-18-23(5)8-3)22-33-29(25-16-13-17-25)32-28-27(34-26(9-4)31-28)24-14-11-10-12-15-24/h10-12,14-15,23,32H,6-9,13,16-22H2,1-5H3. The summed E-state index contributed by atoms with van der Waals surface area (Å²) in [4.78, 5) is 6.18. The van der Waals surface area contributed by atoms with E-state index in [1.807, 2.05) is 0 Å². The Bertz CT molecular complexity index is 890. The van der Waals surface area contributed by atoms with Gasteiger partial charge in [0, 0.05) is 5.41 Å². The zero-order valence-corrected chi connectivity index (χ0v) is 23.0. The topological polar surface area (TPSA) is 34.1 Å². The summed E-state index contributed by atoms with van der Waals surface area (Å²) in [5.41, 5.74) is 2.91. The van der Waals surface area contributed by atoms with E-state index in [1.54, 1.807) is 11.3 Å². The molecule has 1 N–H and O–H groups in total. The fourth-order valence-electron chi connectivity index (χ4n) is 4.93. The summed E-state index contributed by atoms with van der Waals surface area (Å²) >= 11 is 1.79. The Labute approximate surface area is 212 Å². The fourth-order valence-corrected chi connectivity index (χ4v) is 5.90. The van der Waals surface area contributed by atoms with Crippen molar-refractivity contribution in [3.63, 3.8) is 0 Å². The third-order valence-corrected chi connectivity index (χ3v) is 8.72. The summed E-state index contributed by atoms with van der Waals surface area (Å²) in [6, 6.07) is 10.6. The first-order valence-electron chi connectivity index (χ1n) is 13.7. The van der Waals surface area contributed by atoms with Gasteiger partial charge in [-0.3, -0.25) is 0 Å². The molecule has 3 nitrogen and oxygen atoms in total. The van der Waals surface area contributed by atoms with Crippen LogP contribution in [0, 0.1) is 11.3 Å². The number of benzene rings is 1. The van der Waals surface area contributed by atoms with Crippen molar-refractivity contribution in [1.82, 2.24) is 4.98 Å². The average Bonchev–Trinajstić information content (AvgIpc) is 3.23. The van der Waals surface area contributed by atoms with Gasteiger partial charge in [0.05, 0.1) is 16.5 Å². The molecule has 0 aliphatic heterocycles. The molecule has 1 saturated carbocycles. The normalized spacial score (nSPS) is 14.6. The lowest BCUT2D eigenvalue weighted by Gasteiger charge is -2.35. The van der Waals surface area contributed by atoms with Crippen LogP contribution < -0.4 is 5.32 Å². The Morgan fingerprint density at radius 2 is 1.76 bits per heavy atom. The molecule has 3 rings (SSSR count). The quantitative estimate of drug-likeness (QED) is 0.257. The summed E-state index contributed by atoms with van der Waals surface area (Å²) in [7, 11) is 0. The van der Waals surface area contributed by atoms with Crippen molar-refractivity contribution in [2.45, 2.75) is 105 Å². The summed E-state index contributed by atoms with van der Waals surface area (Å²) in [5.74, 6) is 2.72. The largest absolute Gasteiger partial charge is 0.478 e. The highest BCUT2D eigenvalue weighted by atomic mass is 32.1. The number of aromatic nitrogens is 1. The highest BCUT2D eigenvalue weighted by Gasteiger charge is 2.31. The van der Waals surface area contributed by atoms with E-state index in [-0.39, 0.29) is 5.41 Å². The van der Waals surface area contributed by atoms with Crippen molar-refractivity contribution in [1.29, 1.82) is 0 Å². The summed E-state index contributed by atoms with van der Waals surface area (Å²) in [6.07, 6.45) is 13.2. The van der Waals surface area contributed by atoms with Crippen LogP contribution in [-0.4, -0.2) is 11.6 Å². The number of aryl methyl sites for hydroxylation is 1. The highest BCUT2D eigenvalue weighted by Crippen LogP contribution is 2.40. The number of hydrogen-bond donors (Lipinski definition) is 1. The van der Waals surface area contributed by atoms with Crippen LogP contribution in [0.4, 0.5) is 5.82 Å². The van der Waals surface area contributed by atoms with Gasteiger partial charge in [-0.05, 0) is 62.0 Å². The predicted molar refractivity (Wildman–Crippen MR) is 148 cm³/mol. The molecule has 0 amide bonds. The summed E-state index contributed by atoms with van der Waals surface area (Å²) < 4.78 is 6.75. The fraction of sp³-hybridized carbons (Fsp3) is 0.633. The predicted octanol–water partition coefficient (Wildman–Crippen LogP) is 9.61. The van der Waals surface area contributed by atoms with Gasteiger partial charge >= 0.3 is 0 Å². The van der Waals surface area contributed by atoms with E-state index >= 15 is 0 Å². The molecule has 0 bridgehead atoms. The Morgan fingerprint density at radius 3 is 2.32 bits per heavy atom. The van der Waals surface area contributed by atoms with Gasteiger partial charge in [0.15, 0.2) is 11.7 Å². The summed E-state index contributed by atoms with van der Waals surface area (Å²) in [5, 5.41) is 4.86. The van der Waals surface area contributed by atoms with E-state index in [1.165, 1.54) is 72.4 Å². The SMILES string of the molecule is CCCC(CCC)(CCC(C)CC)COC(Nc1nc(CC)sc1-c1ccccc1)=C1CCC1. The van der Waals surface area contributed by atoms with Crippen molar-refractivity contribution in [2.75, 3.05) is 11.9 Å². The van der Waals surface area contributed by atoms with Crippen LogP contribution in [0.3, 0.4) is 0 Å². The molecule has 1 heterocycles. The first-order chi connectivity index (χ1) is 16.5. The van der Waals surface area contributed by atoms with Crippen molar-refractivity contribution in [2.24, 2.45) is 11.3 Å². The van der Waals surface area contributed by atoms with Gasteiger partial charge in [-0.2, -0.15) is 0 Å². The Morgan fingerprint density at radius 1 is 1.06 bits per heavy atom. The van der Waals surface area contributed by atoms with Gasteiger partial charge in [0.25, 0.3) is 0 Å². The molecule has 1 aromatic heterocycles. The molecule has 1 aliphatic carbocycles. The number of rotatable bonds is 15. The number of nitrogens with zero attached hydrogens (tertiary/aromatic N) is 1. The lowest BCUT2D eigenvalue weighted by molar-refractivity contribution is 0.0585. The third kappa shape index (κ3) is 7.10. The van der Waals surface area contributed by atoms with Gasteiger partial charge in [0.2, 0.25) is 0 Å². The zero-order chi connectivity index (χ0) is 24.4. The van der Waals surface area contributed by atoms with E-state index in [2.05, 4.69) is 70.3 Å². The third-order valence-electron chi connectivity index (χ3n) is 7.47. The number of anilines is 1. The molecule has 0 radical (unpaired) electrons. The van der Waals surface area contributed by atoms with Crippen molar-refractivity contribution in [3.05, 3.63) is 46.8 Å². The molecule has 1 atom stereocenters. The van der Waals surface area contributed by atoms with Crippen LogP contribution in [0.25, 0.3) is 10.4 Å². The average molecular weight is 483 g/mol. The molecule has 34 heavy (non-hydrogen) atoms. The molecule has 2 aromatic rings. The Hall–Kier alpha value is -1.81. The first kappa shape index (κ1) is 26.8. The number of allylic oxidation sites excluding steroid dienone is 1. The molecule has 188 valence electrons. The van der Waals surface area contributed by atoms with Crippen molar-refractivity contribution >= 4 is 17.2 Å². The maximum atomic E-state index is 6.75. The molecule has 0 spiro atoms. The lowest BCUT2D eigenvalue weighted by atomic mass is 9.74. The molecule has 1 unspecified atom stereocenters. The van der Waals surface area contributed by atoms with Gasteiger partial charge in [-0.1, -0.05) is 90.6 Å². The minimum atomic E-state index is 0.267. The monoisotopic (exact) mass is 482 g/mol. The second-order valence-electron chi connectivity index (χ2n) is 10.3. The van der Waals surface area contributed by atoms with E-state index in [0.29, 0.717) is 0 Å². The maximum Gasteiger partial charge on any atom is 0.191 e. The first-order valence-corrected chi connectivity index (χ1v) is 14.5.